The van der Waals surface area contributed by atoms with Gasteiger partial charge in [-0.3, -0.25) is 4.79 Å². The van der Waals surface area contributed by atoms with Crippen LogP contribution in [0.25, 0.3) is 0 Å². The number of carbonyl (C=O) groups excluding carboxylic acids is 1. The highest BCUT2D eigenvalue weighted by molar-refractivity contribution is 5.77. The largest absolute Gasteiger partial charge is 0.484 e. The molecule has 0 atom stereocenters. The Hall–Kier alpha value is -2.47. The monoisotopic (exact) mass is 341 g/mol. The van der Waals surface area contributed by atoms with E-state index < -0.39 is 0 Å². The number of likely N-dealkylation sites (tertiary alicyclic amines) is 1. The lowest BCUT2D eigenvalue weighted by atomic mass is 9.91. The fourth-order valence-corrected chi connectivity index (χ4v) is 3.14. The number of benzene rings is 1. The van der Waals surface area contributed by atoms with Crippen LogP contribution in [0.5, 0.6) is 5.75 Å². The van der Waals surface area contributed by atoms with E-state index >= 15 is 0 Å². The molecule has 6 nitrogen and oxygen atoms in total. The summed E-state index contributed by atoms with van der Waals surface area (Å²) in [5.74, 6) is 1.67. The molecule has 0 saturated carbocycles. The number of aliphatic hydroxyl groups is 1. The van der Waals surface area contributed by atoms with Crippen LogP contribution in [0.3, 0.4) is 0 Å². The van der Waals surface area contributed by atoms with E-state index in [1.54, 1.807) is 6.20 Å². The Morgan fingerprint density at radius 3 is 2.68 bits per heavy atom. The summed E-state index contributed by atoms with van der Waals surface area (Å²) in [5.41, 5.74) is 1.70. The van der Waals surface area contributed by atoms with E-state index in [9.17, 15) is 9.90 Å². The Morgan fingerprint density at radius 2 is 2.00 bits per heavy atom. The van der Waals surface area contributed by atoms with Crippen LogP contribution in [-0.4, -0.2) is 45.6 Å². The summed E-state index contributed by atoms with van der Waals surface area (Å²) < 4.78 is 5.54. The van der Waals surface area contributed by atoms with Crippen molar-refractivity contribution in [2.75, 3.05) is 19.7 Å². The van der Waals surface area contributed by atoms with Crippen LogP contribution in [-0.2, 0) is 11.4 Å². The number of hydrogen-bond donors (Lipinski definition) is 1. The molecular formula is C19H23N3O3. The highest BCUT2D eigenvalue weighted by Gasteiger charge is 2.26. The standard InChI is InChI=1S/C19H23N3O3/c1-14-20-11-16(12-23)19(21-14)15-7-9-22(10-8-15)18(24)13-25-17-5-3-2-4-6-17/h2-6,11,15,23H,7-10,12-13H2,1H3. The van der Waals surface area contributed by atoms with E-state index in [4.69, 9.17) is 4.74 Å². The average molecular weight is 341 g/mol. The molecule has 0 bridgehead atoms. The number of aliphatic hydroxyl groups excluding tert-OH is 1. The van der Waals surface area contributed by atoms with Gasteiger partial charge in [-0.15, -0.1) is 0 Å². The van der Waals surface area contributed by atoms with Gasteiger partial charge in [-0.05, 0) is 31.9 Å². The van der Waals surface area contributed by atoms with Gasteiger partial charge >= 0.3 is 0 Å². The molecule has 25 heavy (non-hydrogen) atoms. The van der Waals surface area contributed by atoms with E-state index in [1.807, 2.05) is 42.2 Å². The minimum Gasteiger partial charge on any atom is -0.484 e. The van der Waals surface area contributed by atoms with Crippen molar-refractivity contribution >= 4 is 5.91 Å². The van der Waals surface area contributed by atoms with Gasteiger partial charge in [0.2, 0.25) is 0 Å². The SMILES string of the molecule is Cc1ncc(CO)c(C2CCN(C(=O)COc3ccccc3)CC2)n1. The van der Waals surface area contributed by atoms with Crippen molar-refractivity contribution in [3.8, 4) is 5.75 Å². The number of aryl methyl sites for hydroxylation is 1. The number of aromatic nitrogens is 2. The van der Waals surface area contributed by atoms with E-state index in [1.165, 1.54) is 0 Å². The summed E-state index contributed by atoms with van der Waals surface area (Å²) >= 11 is 0. The van der Waals surface area contributed by atoms with E-state index in [0.29, 0.717) is 24.7 Å². The maximum atomic E-state index is 12.3. The number of hydrogen-bond acceptors (Lipinski definition) is 5. The molecule has 132 valence electrons. The lowest BCUT2D eigenvalue weighted by molar-refractivity contribution is -0.134. The van der Waals surface area contributed by atoms with Crippen LogP contribution in [0.4, 0.5) is 0 Å². The lowest BCUT2D eigenvalue weighted by Crippen LogP contribution is -2.40. The van der Waals surface area contributed by atoms with E-state index in [-0.39, 0.29) is 25.0 Å². The minimum absolute atomic E-state index is 0.00329. The van der Waals surface area contributed by atoms with Gasteiger partial charge in [0.15, 0.2) is 6.61 Å². The first-order valence-electron chi connectivity index (χ1n) is 8.56. The smallest absolute Gasteiger partial charge is 0.260 e. The van der Waals surface area contributed by atoms with E-state index in [0.717, 1.165) is 24.1 Å². The van der Waals surface area contributed by atoms with Crippen molar-refractivity contribution < 1.29 is 14.6 Å². The van der Waals surface area contributed by atoms with Gasteiger partial charge in [0, 0.05) is 30.8 Å². The van der Waals surface area contributed by atoms with Crippen LogP contribution in [0.15, 0.2) is 36.5 Å². The number of para-hydroxylation sites is 1. The first-order valence-corrected chi connectivity index (χ1v) is 8.56. The van der Waals surface area contributed by atoms with Crippen molar-refractivity contribution in [3.05, 3.63) is 53.6 Å². The third-order valence-corrected chi connectivity index (χ3v) is 4.53. The third kappa shape index (κ3) is 4.33. The molecule has 2 aromatic rings. The van der Waals surface area contributed by atoms with Crippen molar-refractivity contribution in [2.45, 2.75) is 32.3 Å². The van der Waals surface area contributed by atoms with Crippen molar-refractivity contribution in [2.24, 2.45) is 0 Å². The normalized spacial score (nSPS) is 15.2. The molecule has 1 aliphatic heterocycles. The molecule has 1 aromatic carbocycles. The highest BCUT2D eigenvalue weighted by atomic mass is 16.5. The molecular weight excluding hydrogens is 318 g/mol. The van der Waals surface area contributed by atoms with Gasteiger partial charge in [-0.1, -0.05) is 18.2 Å². The Kier molecular flexibility index (Phi) is 5.60. The number of ether oxygens (including phenoxy) is 1. The maximum absolute atomic E-state index is 12.3. The zero-order valence-corrected chi connectivity index (χ0v) is 14.4. The molecule has 1 fully saturated rings. The fraction of sp³-hybridized carbons (Fsp3) is 0.421. The number of amides is 1. The molecule has 2 heterocycles. The molecule has 1 saturated heterocycles. The summed E-state index contributed by atoms with van der Waals surface area (Å²) in [5, 5.41) is 9.50. The Morgan fingerprint density at radius 1 is 1.28 bits per heavy atom. The van der Waals surface area contributed by atoms with Gasteiger partial charge in [0.1, 0.15) is 11.6 Å². The summed E-state index contributed by atoms with van der Waals surface area (Å²) in [4.78, 5) is 22.8. The van der Waals surface area contributed by atoms with Gasteiger partial charge in [-0.25, -0.2) is 9.97 Å². The molecule has 1 aliphatic rings. The first kappa shape index (κ1) is 17.4. The Bertz CT molecular complexity index is 713. The summed E-state index contributed by atoms with van der Waals surface area (Å²) in [6, 6.07) is 9.36. The summed E-state index contributed by atoms with van der Waals surface area (Å²) in [6.07, 6.45) is 3.37. The number of carbonyl (C=O) groups is 1. The van der Waals surface area contributed by atoms with Crippen molar-refractivity contribution in [1.29, 1.82) is 0 Å². The lowest BCUT2D eigenvalue weighted by Gasteiger charge is -2.32. The molecule has 1 amide bonds. The molecule has 0 aliphatic carbocycles. The average Bonchev–Trinajstić information content (AvgIpc) is 2.67. The predicted molar refractivity (Wildman–Crippen MR) is 93.2 cm³/mol. The first-order chi connectivity index (χ1) is 12.2. The number of nitrogens with zero attached hydrogens (tertiary/aromatic N) is 3. The predicted octanol–water partition coefficient (Wildman–Crippen LogP) is 2.06. The van der Waals surface area contributed by atoms with Crippen LogP contribution in [0.2, 0.25) is 0 Å². The molecule has 1 aromatic heterocycles. The molecule has 1 N–H and O–H groups in total. The Balaban J connectivity index is 1.55. The highest BCUT2D eigenvalue weighted by Crippen LogP contribution is 2.29. The quantitative estimate of drug-likeness (QED) is 0.901. The fourth-order valence-electron chi connectivity index (χ4n) is 3.14. The molecule has 0 radical (unpaired) electrons. The van der Waals surface area contributed by atoms with Gasteiger partial charge < -0.3 is 14.7 Å². The maximum Gasteiger partial charge on any atom is 0.260 e. The summed E-state index contributed by atoms with van der Waals surface area (Å²) in [7, 11) is 0. The zero-order valence-electron chi connectivity index (χ0n) is 14.4. The van der Waals surface area contributed by atoms with Crippen molar-refractivity contribution in [3.63, 3.8) is 0 Å². The van der Waals surface area contributed by atoms with Crippen LogP contribution < -0.4 is 4.74 Å². The minimum atomic E-state index is -0.0559. The van der Waals surface area contributed by atoms with E-state index in [2.05, 4.69) is 9.97 Å². The zero-order chi connectivity index (χ0) is 17.6. The van der Waals surface area contributed by atoms with Crippen LogP contribution >= 0.6 is 0 Å². The number of rotatable bonds is 5. The Labute approximate surface area is 147 Å². The van der Waals surface area contributed by atoms with Crippen molar-refractivity contribution in [1.82, 2.24) is 14.9 Å². The topological polar surface area (TPSA) is 75.6 Å². The molecule has 6 heteroatoms. The molecule has 0 spiro atoms. The molecule has 0 unspecified atom stereocenters. The van der Waals surface area contributed by atoms with Crippen LogP contribution in [0, 0.1) is 6.92 Å². The van der Waals surface area contributed by atoms with Gasteiger partial charge in [0.05, 0.1) is 12.3 Å². The van der Waals surface area contributed by atoms with Gasteiger partial charge in [0.25, 0.3) is 5.91 Å². The summed E-state index contributed by atoms with van der Waals surface area (Å²) in [6.45, 7) is 3.21. The second-order valence-corrected chi connectivity index (χ2v) is 6.24. The number of piperidine rings is 1. The van der Waals surface area contributed by atoms with Crippen LogP contribution in [0.1, 0.15) is 35.8 Å². The van der Waals surface area contributed by atoms with Gasteiger partial charge in [-0.2, -0.15) is 0 Å². The molecule has 3 rings (SSSR count). The second kappa shape index (κ2) is 8.07. The third-order valence-electron chi connectivity index (χ3n) is 4.53. The second-order valence-electron chi connectivity index (χ2n) is 6.24.